The molecule has 0 bridgehead atoms. The summed E-state index contributed by atoms with van der Waals surface area (Å²) in [6.45, 7) is 0. The molecule has 0 fully saturated rings. The molecule has 1 aromatic heterocycles. The molecule has 0 spiro atoms. The summed E-state index contributed by atoms with van der Waals surface area (Å²) in [6, 6.07) is 15.9. The van der Waals surface area contributed by atoms with E-state index in [1.165, 1.54) is 49.6 Å². The molecule has 3 aromatic carbocycles. The summed E-state index contributed by atoms with van der Waals surface area (Å²) in [5.41, 5.74) is 1.54. The number of phenols is 1. The van der Waals surface area contributed by atoms with Crippen molar-refractivity contribution >= 4 is 40.9 Å². The standard InChI is InChI=1S/C30H23F3N2O7/c1-41-29(40)26(15-19-4-9-20(36)10-5-19)35-27(37)25-16-23(28(38)39)22-14-18(8-13-24(22)34-25)3-2-17-6-11-21(12-7-17)42-30(31,32)33/h2-14,16,26,36H,15H2,1H3,(H,35,37)(H,38,39)/b3-2+/t26-/m0/s1. The van der Waals surface area contributed by atoms with Gasteiger partial charge in [-0.05, 0) is 59.2 Å². The van der Waals surface area contributed by atoms with Crippen molar-refractivity contribution in [3.63, 3.8) is 0 Å². The fourth-order valence-electron chi connectivity index (χ4n) is 4.05. The third-order valence-electron chi connectivity index (χ3n) is 6.04. The Kier molecular flexibility index (Phi) is 8.75. The fraction of sp³-hybridized carbons (Fsp3) is 0.133. The number of nitrogens with zero attached hydrogens (tertiary/aromatic N) is 1. The van der Waals surface area contributed by atoms with Gasteiger partial charge in [-0.3, -0.25) is 4.79 Å². The molecule has 0 saturated heterocycles. The van der Waals surface area contributed by atoms with E-state index in [-0.39, 0.29) is 40.1 Å². The lowest BCUT2D eigenvalue weighted by Gasteiger charge is -2.17. The molecule has 12 heteroatoms. The van der Waals surface area contributed by atoms with Crippen molar-refractivity contribution in [3.05, 3.63) is 101 Å². The van der Waals surface area contributed by atoms with Crippen LogP contribution in [0.1, 0.15) is 37.5 Å². The Bertz CT molecular complexity index is 1650. The van der Waals surface area contributed by atoms with E-state index in [1.807, 2.05) is 0 Å². The Morgan fingerprint density at radius 3 is 2.21 bits per heavy atom. The number of benzene rings is 3. The van der Waals surface area contributed by atoms with Gasteiger partial charge in [-0.2, -0.15) is 0 Å². The molecule has 0 aliphatic carbocycles. The Labute approximate surface area is 236 Å². The van der Waals surface area contributed by atoms with Gasteiger partial charge >= 0.3 is 18.3 Å². The Hall–Kier alpha value is -5.39. The number of carboxylic acid groups (broad SMARTS) is 1. The molecule has 216 valence electrons. The number of methoxy groups -OCH3 is 1. The van der Waals surface area contributed by atoms with Gasteiger partial charge < -0.3 is 25.0 Å². The molecule has 0 aliphatic rings. The molecule has 0 radical (unpaired) electrons. The summed E-state index contributed by atoms with van der Waals surface area (Å²) in [4.78, 5) is 41.8. The number of amides is 1. The van der Waals surface area contributed by atoms with Crippen LogP contribution in [-0.4, -0.2) is 52.6 Å². The smallest absolute Gasteiger partial charge is 0.508 e. The highest BCUT2D eigenvalue weighted by Crippen LogP contribution is 2.25. The van der Waals surface area contributed by atoms with E-state index < -0.39 is 30.2 Å². The Balaban J connectivity index is 1.57. The number of aromatic nitrogens is 1. The van der Waals surface area contributed by atoms with Crippen molar-refractivity contribution in [1.29, 1.82) is 0 Å². The average Bonchev–Trinajstić information content (AvgIpc) is 2.95. The lowest BCUT2D eigenvalue weighted by atomic mass is 10.0. The zero-order valence-electron chi connectivity index (χ0n) is 21.9. The number of carbonyl (C=O) groups excluding carboxylic acids is 2. The predicted octanol–water partition coefficient (Wildman–Crippen LogP) is 5.22. The summed E-state index contributed by atoms with van der Waals surface area (Å²) in [6.07, 6.45) is -1.49. The predicted molar refractivity (Wildman–Crippen MR) is 146 cm³/mol. The number of carbonyl (C=O) groups is 3. The van der Waals surface area contributed by atoms with Crippen molar-refractivity contribution in [2.75, 3.05) is 7.11 Å². The van der Waals surface area contributed by atoms with Crippen LogP contribution in [-0.2, 0) is 16.0 Å². The second-order valence-corrected chi connectivity index (χ2v) is 9.01. The first-order chi connectivity index (χ1) is 19.9. The largest absolute Gasteiger partial charge is 0.573 e. The molecule has 42 heavy (non-hydrogen) atoms. The topological polar surface area (TPSA) is 135 Å². The third kappa shape index (κ3) is 7.62. The third-order valence-corrected chi connectivity index (χ3v) is 6.04. The number of aromatic carboxylic acids is 1. The number of nitrogens with one attached hydrogen (secondary N) is 1. The number of alkyl halides is 3. The number of rotatable bonds is 9. The van der Waals surface area contributed by atoms with Crippen LogP contribution in [0.3, 0.4) is 0 Å². The minimum Gasteiger partial charge on any atom is -0.508 e. The second-order valence-electron chi connectivity index (χ2n) is 9.01. The van der Waals surface area contributed by atoms with Crippen LogP contribution >= 0.6 is 0 Å². The van der Waals surface area contributed by atoms with Crippen LogP contribution < -0.4 is 10.1 Å². The van der Waals surface area contributed by atoms with Crippen molar-refractivity contribution < 1.29 is 47.2 Å². The SMILES string of the molecule is COC(=O)[C@H](Cc1ccc(O)cc1)NC(=O)c1cc(C(=O)O)c2cc(/C=C/c3ccc(OC(F)(F)F)cc3)ccc2n1. The van der Waals surface area contributed by atoms with Crippen molar-refractivity contribution in [3.8, 4) is 11.5 Å². The maximum absolute atomic E-state index is 13.1. The lowest BCUT2D eigenvalue weighted by Crippen LogP contribution is -2.43. The molecule has 1 amide bonds. The number of fused-ring (bicyclic) bond motifs is 1. The number of aromatic hydroxyl groups is 1. The molecule has 1 atom stereocenters. The summed E-state index contributed by atoms with van der Waals surface area (Å²) < 4.78 is 45.7. The van der Waals surface area contributed by atoms with Gasteiger partial charge in [-0.1, -0.05) is 42.5 Å². The first-order valence-electron chi connectivity index (χ1n) is 12.3. The zero-order valence-corrected chi connectivity index (χ0v) is 21.9. The van der Waals surface area contributed by atoms with E-state index in [0.717, 1.165) is 6.07 Å². The Morgan fingerprint density at radius 2 is 1.60 bits per heavy atom. The highest BCUT2D eigenvalue weighted by molar-refractivity contribution is 6.06. The van der Waals surface area contributed by atoms with Gasteiger partial charge in [0.1, 0.15) is 23.2 Å². The number of hydrogen-bond donors (Lipinski definition) is 3. The van der Waals surface area contributed by atoms with E-state index in [2.05, 4.69) is 15.0 Å². The van der Waals surface area contributed by atoms with Crippen LogP contribution in [0.5, 0.6) is 11.5 Å². The molecule has 0 saturated carbocycles. The first-order valence-corrected chi connectivity index (χ1v) is 12.3. The molecular formula is C30H23F3N2O7. The average molecular weight is 581 g/mol. The number of ether oxygens (including phenoxy) is 2. The molecule has 9 nitrogen and oxygen atoms in total. The molecule has 1 heterocycles. The lowest BCUT2D eigenvalue weighted by molar-refractivity contribution is -0.274. The van der Waals surface area contributed by atoms with Gasteiger partial charge in [0.2, 0.25) is 0 Å². The van der Waals surface area contributed by atoms with E-state index in [0.29, 0.717) is 16.7 Å². The van der Waals surface area contributed by atoms with Crippen molar-refractivity contribution in [2.24, 2.45) is 0 Å². The number of hydrogen-bond acceptors (Lipinski definition) is 7. The van der Waals surface area contributed by atoms with Gasteiger partial charge in [0, 0.05) is 11.8 Å². The second kappa shape index (κ2) is 12.4. The number of phenolic OH excluding ortho intramolecular Hbond substituents is 1. The number of pyridine rings is 1. The summed E-state index contributed by atoms with van der Waals surface area (Å²) in [7, 11) is 1.17. The number of esters is 1. The van der Waals surface area contributed by atoms with Gasteiger partial charge in [0.15, 0.2) is 0 Å². The van der Waals surface area contributed by atoms with E-state index in [9.17, 15) is 37.8 Å². The quantitative estimate of drug-likeness (QED) is 0.181. The minimum absolute atomic E-state index is 0.0335. The maximum Gasteiger partial charge on any atom is 0.573 e. The molecule has 3 N–H and O–H groups in total. The summed E-state index contributed by atoms with van der Waals surface area (Å²) >= 11 is 0. The molecule has 0 aliphatic heterocycles. The molecule has 4 rings (SSSR count). The fourth-order valence-corrected chi connectivity index (χ4v) is 4.05. The first kappa shape index (κ1) is 29.6. The van der Waals surface area contributed by atoms with Crippen molar-refractivity contribution in [1.82, 2.24) is 10.3 Å². The van der Waals surface area contributed by atoms with Crippen molar-refractivity contribution in [2.45, 2.75) is 18.8 Å². The van der Waals surface area contributed by atoms with Gasteiger partial charge in [0.25, 0.3) is 5.91 Å². The maximum atomic E-state index is 13.1. The van der Waals surface area contributed by atoms with Crippen LogP contribution in [0, 0.1) is 0 Å². The van der Waals surface area contributed by atoms with Crippen LogP contribution in [0.4, 0.5) is 13.2 Å². The Morgan fingerprint density at radius 1 is 0.952 bits per heavy atom. The highest BCUT2D eigenvalue weighted by Gasteiger charge is 2.31. The summed E-state index contributed by atoms with van der Waals surface area (Å²) in [5.74, 6) is -3.16. The number of carboxylic acids is 1. The summed E-state index contributed by atoms with van der Waals surface area (Å²) in [5, 5.41) is 22.1. The molecule has 0 unspecified atom stereocenters. The highest BCUT2D eigenvalue weighted by atomic mass is 19.4. The minimum atomic E-state index is -4.80. The van der Waals surface area contributed by atoms with Gasteiger partial charge in [0.05, 0.1) is 18.2 Å². The van der Waals surface area contributed by atoms with Gasteiger partial charge in [-0.25, -0.2) is 14.6 Å². The van der Waals surface area contributed by atoms with Gasteiger partial charge in [-0.15, -0.1) is 13.2 Å². The molecular weight excluding hydrogens is 557 g/mol. The van der Waals surface area contributed by atoms with Crippen LogP contribution in [0.25, 0.3) is 23.1 Å². The van der Waals surface area contributed by atoms with Crippen LogP contribution in [0.2, 0.25) is 0 Å². The number of halogens is 3. The molecule has 4 aromatic rings. The van der Waals surface area contributed by atoms with Crippen LogP contribution in [0.15, 0.2) is 72.8 Å². The zero-order chi connectivity index (χ0) is 30.4. The monoisotopic (exact) mass is 580 g/mol. The van der Waals surface area contributed by atoms with E-state index >= 15 is 0 Å². The van der Waals surface area contributed by atoms with E-state index in [1.54, 1.807) is 36.4 Å². The normalized spacial score (nSPS) is 12.2. The van der Waals surface area contributed by atoms with E-state index in [4.69, 9.17) is 4.74 Å².